The van der Waals surface area contributed by atoms with Crippen molar-refractivity contribution in [3.05, 3.63) is 106 Å². The summed E-state index contributed by atoms with van der Waals surface area (Å²) in [6.07, 6.45) is 0. The Labute approximate surface area is 167 Å². The van der Waals surface area contributed by atoms with Crippen LogP contribution in [-0.2, 0) is 11.3 Å². The molecule has 0 aliphatic carbocycles. The first kappa shape index (κ1) is 18.5. The van der Waals surface area contributed by atoms with E-state index in [1.165, 1.54) is 6.07 Å². The molecule has 0 spiro atoms. The number of carbonyl (C=O) groups is 1. The van der Waals surface area contributed by atoms with Crippen molar-refractivity contribution in [1.82, 2.24) is 0 Å². The van der Waals surface area contributed by atoms with Crippen molar-refractivity contribution < 1.29 is 13.9 Å². The van der Waals surface area contributed by atoms with Crippen molar-refractivity contribution in [2.24, 2.45) is 0 Å². The number of rotatable bonds is 5. The second kappa shape index (κ2) is 8.02. The number of benzene rings is 3. The molecule has 1 heterocycles. The van der Waals surface area contributed by atoms with Gasteiger partial charge < -0.3 is 14.5 Å². The first-order valence-corrected chi connectivity index (χ1v) is 9.22. The third-order valence-corrected chi connectivity index (χ3v) is 4.54. The summed E-state index contributed by atoms with van der Waals surface area (Å²) in [5, 5.41) is 3.98. The van der Waals surface area contributed by atoms with Gasteiger partial charge in [0.25, 0.3) is 0 Å². The summed E-state index contributed by atoms with van der Waals surface area (Å²) < 4.78 is 10.8. The summed E-state index contributed by atoms with van der Waals surface area (Å²) in [4.78, 5) is 24.6. The van der Waals surface area contributed by atoms with Gasteiger partial charge in [0.1, 0.15) is 12.2 Å². The van der Waals surface area contributed by atoms with Crippen LogP contribution in [0.2, 0.25) is 0 Å². The van der Waals surface area contributed by atoms with Crippen LogP contribution in [0.25, 0.3) is 11.0 Å². The SMILES string of the molecule is Cc1ccc2c(COC(=O)c3ccccc3Nc3ccccc3)cc(=O)oc2c1. The van der Waals surface area contributed by atoms with Gasteiger partial charge in [-0.1, -0.05) is 42.5 Å². The monoisotopic (exact) mass is 385 g/mol. The van der Waals surface area contributed by atoms with Crippen LogP contribution in [0.3, 0.4) is 0 Å². The number of ether oxygens (including phenoxy) is 1. The molecule has 4 aromatic rings. The minimum Gasteiger partial charge on any atom is -0.457 e. The lowest BCUT2D eigenvalue weighted by molar-refractivity contribution is 0.0475. The summed E-state index contributed by atoms with van der Waals surface area (Å²) in [6.45, 7) is 1.90. The normalized spacial score (nSPS) is 10.7. The Morgan fingerprint density at radius 2 is 1.72 bits per heavy atom. The summed E-state index contributed by atoms with van der Waals surface area (Å²) in [7, 11) is 0. The van der Waals surface area contributed by atoms with E-state index >= 15 is 0 Å². The Balaban J connectivity index is 1.57. The molecule has 5 nitrogen and oxygen atoms in total. The van der Waals surface area contributed by atoms with Gasteiger partial charge in [0.15, 0.2) is 0 Å². The number of aryl methyl sites for hydroxylation is 1. The minimum absolute atomic E-state index is 0.0241. The van der Waals surface area contributed by atoms with E-state index in [9.17, 15) is 9.59 Å². The van der Waals surface area contributed by atoms with E-state index in [0.717, 1.165) is 16.6 Å². The Kier molecular flexibility index (Phi) is 5.12. The van der Waals surface area contributed by atoms with Gasteiger partial charge in [0.2, 0.25) is 0 Å². The van der Waals surface area contributed by atoms with E-state index in [2.05, 4.69) is 5.32 Å². The first-order valence-electron chi connectivity index (χ1n) is 9.22. The van der Waals surface area contributed by atoms with E-state index in [-0.39, 0.29) is 6.61 Å². The molecule has 0 fully saturated rings. The molecule has 0 atom stereocenters. The predicted molar refractivity (Wildman–Crippen MR) is 113 cm³/mol. The van der Waals surface area contributed by atoms with E-state index in [1.807, 2.05) is 61.5 Å². The zero-order valence-corrected chi connectivity index (χ0v) is 15.8. The summed E-state index contributed by atoms with van der Waals surface area (Å²) >= 11 is 0. The fourth-order valence-corrected chi connectivity index (χ4v) is 3.12. The average Bonchev–Trinajstić information content (AvgIpc) is 2.72. The second-order valence-corrected chi connectivity index (χ2v) is 6.70. The molecule has 1 aromatic heterocycles. The summed E-state index contributed by atoms with van der Waals surface area (Å²) in [5.41, 5.74) is 3.54. The van der Waals surface area contributed by atoms with E-state index < -0.39 is 11.6 Å². The number of fused-ring (bicyclic) bond motifs is 1. The molecule has 0 bridgehead atoms. The maximum Gasteiger partial charge on any atom is 0.340 e. The quantitative estimate of drug-likeness (QED) is 0.378. The van der Waals surface area contributed by atoms with Gasteiger partial charge in [-0.2, -0.15) is 0 Å². The zero-order valence-electron chi connectivity index (χ0n) is 15.8. The molecule has 4 rings (SSSR count). The standard InChI is InChI=1S/C24H19NO4/c1-16-11-12-19-17(14-23(26)29-22(19)13-16)15-28-24(27)20-9-5-6-10-21(20)25-18-7-3-2-4-8-18/h2-14,25H,15H2,1H3. The van der Waals surface area contributed by atoms with Crippen LogP contribution in [0, 0.1) is 6.92 Å². The number of para-hydroxylation sites is 2. The highest BCUT2D eigenvalue weighted by atomic mass is 16.5. The van der Waals surface area contributed by atoms with Crippen LogP contribution in [0.15, 0.2) is 88.1 Å². The molecule has 0 saturated carbocycles. The molecule has 0 amide bonds. The molecule has 1 N–H and O–H groups in total. The number of hydrogen-bond acceptors (Lipinski definition) is 5. The van der Waals surface area contributed by atoms with Crippen molar-refractivity contribution >= 4 is 28.3 Å². The highest BCUT2D eigenvalue weighted by molar-refractivity contribution is 5.96. The van der Waals surface area contributed by atoms with Crippen molar-refractivity contribution in [2.75, 3.05) is 5.32 Å². The fraction of sp³-hybridized carbons (Fsp3) is 0.0833. The van der Waals surface area contributed by atoms with E-state index in [0.29, 0.717) is 22.4 Å². The molecule has 144 valence electrons. The van der Waals surface area contributed by atoms with Gasteiger partial charge in [-0.15, -0.1) is 0 Å². The van der Waals surface area contributed by atoms with Crippen LogP contribution in [-0.4, -0.2) is 5.97 Å². The lowest BCUT2D eigenvalue weighted by Crippen LogP contribution is -2.10. The molecule has 29 heavy (non-hydrogen) atoms. The highest BCUT2D eigenvalue weighted by Gasteiger charge is 2.14. The number of hydrogen-bond donors (Lipinski definition) is 1. The van der Waals surface area contributed by atoms with E-state index in [1.54, 1.807) is 18.2 Å². The summed E-state index contributed by atoms with van der Waals surface area (Å²) in [5.74, 6) is -0.475. The van der Waals surface area contributed by atoms with Crippen molar-refractivity contribution in [3.63, 3.8) is 0 Å². The molecule has 3 aromatic carbocycles. The Bertz CT molecular complexity index is 1230. The number of anilines is 2. The number of nitrogens with one attached hydrogen (secondary N) is 1. The number of esters is 1. The third kappa shape index (κ3) is 4.19. The van der Waals surface area contributed by atoms with Gasteiger partial charge in [-0.05, 0) is 42.8 Å². The average molecular weight is 385 g/mol. The molecule has 0 unspecified atom stereocenters. The Hall–Kier alpha value is -3.86. The predicted octanol–water partition coefficient (Wildman–Crippen LogP) is 5.20. The molecular formula is C24H19NO4. The molecular weight excluding hydrogens is 366 g/mol. The highest BCUT2D eigenvalue weighted by Crippen LogP contribution is 2.23. The molecule has 0 radical (unpaired) electrons. The summed E-state index contributed by atoms with van der Waals surface area (Å²) in [6, 6.07) is 23.7. The van der Waals surface area contributed by atoms with Crippen LogP contribution < -0.4 is 10.9 Å². The van der Waals surface area contributed by atoms with Gasteiger partial charge in [0, 0.05) is 22.7 Å². The minimum atomic E-state index is -0.475. The van der Waals surface area contributed by atoms with Gasteiger partial charge in [-0.25, -0.2) is 9.59 Å². The lowest BCUT2D eigenvalue weighted by Gasteiger charge is -2.12. The molecule has 0 saturated heterocycles. The molecule has 0 aliphatic rings. The van der Waals surface area contributed by atoms with Gasteiger partial charge >= 0.3 is 11.6 Å². The topological polar surface area (TPSA) is 68.5 Å². The maximum absolute atomic E-state index is 12.7. The smallest absolute Gasteiger partial charge is 0.340 e. The molecule has 5 heteroatoms. The van der Waals surface area contributed by atoms with Crippen LogP contribution in [0.1, 0.15) is 21.5 Å². The van der Waals surface area contributed by atoms with Gasteiger partial charge in [-0.3, -0.25) is 0 Å². The third-order valence-electron chi connectivity index (χ3n) is 4.54. The number of carbonyl (C=O) groups excluding carboxylic acids is 1. The van der Waals surface area contributed by atoms with Crippen molar-refractivity contribution in [2.45, 2.75) is 13.5 Å². The first-order chi connectivity index (χ1) is 14.1. The largest absolute Gasteiger partial charge is 0.457 e. The van der Waals surface area contributed by atoms with Crippen LogP contribution >= 0.6 is 0 Å². The van der Waals surface area contributed by atoms with Crippen LogP contribution in [0.5, 0.6) is 0 Å². The second-order valence-electron chi connectivity index (χ2n) is 6.70. The van der Waals surface area contributed by atoms with Crippen molar-refractivity contribution in [3.8, 4) is 0 Å². The van der Waals surface area contributed by atoms with Crippen molar-refractivity contribution in [1.29, 1.82) is 0 Å². The lowest BCUT2D eigenvalue weighted by atomic mass is 10.1. The zero-order chi connectivity index (χ0) is 20.2. The van der Waals surface area contributed by atoms with Gasteiger partial charge in [0.05, 0.1) is 11.3 Å². The maximum atomic E-state index is 12.7. The Morgan fingerprint density at radius 3 is 2.55 bits per heavy atom. The van der Waals surface area contributed by atoms with E-state index in [4.69, 9.17) is 9.15 Å². The van der Waals surface area contributed by atoms with Crippen LogP contribution in [0.4, 0.5) is 11.4 Å². The molecule has 0 aliphatic heterocycles. The Morgan fingerprint density at radius 1 is 0.966 bits per heavy atom. The fourth-order valence-electron chi connectivity index (χ4n) is 3.12.